The molecule has 1 aromatic rings. The lowest BCUT2D eigenvalue weighted by Crippen LogP contribution is -2.43. The topological polar surface area (TPSA) is 87.7 Å². The van der Waals surface area contributed by atoms with Crippen LogP contribution in [0.3, 0.4) is 0 Å². The van der Waals surface area contributed by atoms with Crippen LogP contribution >= 0.6 is 0 Å². The van der Waals surface area contributed by atoms with Crippen LogP contribution in [0.2, 0.25) is 0 Å². The molecular weight excluding hydrogens is 322 g/mol. The first kappa shape index (κ1) is 18.8. The van der Waals surface area contributed by atoms with Gasteiger partial charge in [-0.25, -0.2) is 4.79 Å². The molecule has 25 heavy (non-hydrogen) atoms. The number of piperidine rings is 1. The number of carbonyl (C=O) groups excluding carboxylic acids is 3. The lowest BCUT2D eigenvalue weighted by molar-refractivity contribution is -0.159. The molecule has 7 heteroatoms. The molecule has 1 fully saturated rings. The number of nitrogens with zero attached hydrogens (tertiary/aromatic N) is 1. The maximum atomic E-state index is 12.2. The maximum Gasteiger partial charge on any atom is 0.319 e. The Morgan fingerprint density at radius 2 is 1.80 bits per heavy atom. The summed E-state index contributed by atoms with van der Waals surface area (Å²) in [7, 11) is 0. The minimum absolute atomic E-state index is 0.0137. The average molecular weight is 347 g/mol. The Balaban J connectivity index is 1.64. The molecule has 1 aliphatic heterocycles. The Labute approximate surface area is 147 Å². The molecule has 136 valence electrons. The molecular formula is C18H25N3O4. The number of para-hydroxylation sites is 1. The molecule has 0 unspecified atom stereocenters. The van der Waals surface area contributed by atoms with Crippen molar-refractivity contribution in [3.8, 4) is 0 Å². The zero-order chi connectivity index (χ0) is 18.1. The molecule has 0 bridgehead atoms. The second kappa shape index (κ2) is 9.66. The number of hydrogen-bond acceptors (Lipinski definition) is 4. The van der Waals surface area contributed by atoms with E-state index in [1.807, 2.05) is 18.2 Å². The number of rotatable bonds is 6. The highest BCUT2D eigenvalue weighted by Crippen LogP contribution is 2.11. The van der Waals surface area contributed by atoms with Gasteiger partial charge in [-0.2, -0.15) is 0 Å². The zero-order valence-electron chi connectivity index (χ0n) is 14.5. The molecule has 0 saturated carbocycles. The minimum atomic E-state index is -0.788. The van der Waals surface area contributed by atoms with E-state index >= 15 is 0 Å². The van der Waals surface area contributed by atoms with E-state index in [-0.39, 0.29) is 18.9 Å². The van der Waals surface area contributed by atoms with E-state index in [2.05, 4.69) is 10.6 Å². The van der Waals surface area contributed by atoms with E-state index in [4.69, 9.17) is 4.74 Å². The first-order valence-corrected chi connectivity index (χ1v) is 8.64. The van der Waals surface area contributed by atoms with Crippen LogP contribution in [0.4, 0.5) is 10.5 Å². The van der Waals surface area contributed by atoms with Gasteiger partial charge in [0.1, 0.15) is 0 Å². The fraction of sp³-hybridized carbons (Fsp3) is 0.500. The van der Waals surface area contributed by atoms with Crippen LogP contribution in [-0.2, 0) is 14.3 Å². The van der Waals surface area contributed by atoms with Crippen LogP contribution in [0.15, 0.2) is 30.3 Å². The number of benzene rings is 1. The van der Waals surface area contributed by atoms with Crippen molar-refractivity contribution in [3.63, 3.8) is 0 Å². The van der Waals surface area contributed by atoms with Crippen LogP contribution in [0.1, 0.15) is 32.6 Å². The second-order valence-corrected chi connectivity index (χ2v) is 6.01. The summed E-state index contributed by atoms with van der Waals surface area (Å²) in [6.45, 7) is 3.18. The van der Waals surface area contributed by atoms with Gasteiger partial charge in [-0.15, -0.1) is 0 Å². The quantitative estimate of drug-likeness (QED) is 0.772. The van der Waals surface area contributed by atoms with Crippen molar-refractivity contribution in [1.29, 1.82) is 0 Å². The molecule has 0 aliphatic carbocycles. The molecule has 1 atom stereocenters. The average Bonchev–Trinajstić information content (AvgIpc) is 2.62. The van der Waals surface area contributed by atoms with E-state index in [0.29, 0.717) is 5.69 Å². The maximum absolute atomic E-state index is 12.2. The Bertz CT molecular complexity index is 585. The number of esters is 1. The van der Waals surface area contributed by atoms with Gasteiger partial charge in [0.2, 0.25) is 0 Å². The van der Waals surface area contributed by atoms with E-state index < -0.39 is 18.1 Å². The Morgan fingerprint density at radius 3 is 2.48 bits per heavy atom. The smallest absolute Gasteiger partial charge is 0.319 e. The van der Waals surface area contributed by atoms with Crippen molar-refractivity contribution >= 4 is 23.6 Å². The van der Waals surface area contributed by atoms with Gasteiger partial charge >= 0.3 is 12.0 Å². The highest BCUT2D eigenvalue weighted by Gasteiger charge is 2.24. The molecule has 1 heterocycles. The highest BCUT2D eigenvalue weighted by atomic mass is 16.5. The summed E-state index contributed by atoms with van der Waals surface area (Å²) < 4.78 is 5.16. The van der Waals surface area contributed by atoms with E-state index in [1.54, 1.807) is 24.0 Å². The van der Waals surface area contributed by atoms with Crippen LogP contribution < -0.4 is 10.6 Å². The number of nitrogens with one attached hydrogen (secondary N) is 2. The number of urea groups is 1. The number of hydrogen-bond donors (Lipinski definition) is 2. The number of ether oxygens (including phenoxy) is 1. The molecule has 1 saturated heterocycles. The van der Waals surface area contributed by atoms with E-state index in [9.17, 15) is 14.4 Å². The third kappa shape index (κ3) is 6.45. The highest BCUT2D eigenvalue weighted by molar-refractivity contribution is 5.89. The van der Waals surface area contributed by atoms with Crippen LogP contribution in [0.5, 0.6) is 0 Å². The van der Waals surface area contributed by atoms with Gasteiger partial charge in [-0.1, -0.05) is 18.2 Å². The Morgan fingerprint density at radius 1 is 1.12 bits per heavy atom. The summed E-state index contributed by atoms with van der Waals surface area (Å²) in [6.07, 6.45) is 2.34. The van der Waals surface area contributed by atoms with Gasteiger partial charge in [-0.3, -0.25) is 9.59 Å². The first-order chi connectivity index (χ1) is 12.1. The third-order valence-electron chi connectivity index (χ3n) is 3.97. The Hall–Kier alpha value is -2.57. The van der Waals surface area contributed by atoms with Crippen molar-refractivity contribution in [2.24, 2.45) is 0 Å². The number of likely N-dealkylation sites (tertiary alicyclic amines) is 1. The van der Waals surface area contributed by atoms with Gasteiger partial charge in [0.15, 0.2) is 6.10 Å². The van der Waals surface area contributed by atoms with Gasteiger partial charge in [0.25, 0.3) is 5.91 Å². The molecule has 0 radical (unpaired) electrons. The van der Waals surface area contributed by atoms with Crippen molar-refractivity contribution in [3.05, 3.63) is 30.3 Å². The van der Waals surface area contributed by atoms with Gasteiger partial charge < -0.3 is 20.3 Å². The van der Waals surface area contributed by atoms with Crippen molar-refractivity contribution in [2.75, 3.05) is 25.0 Å². The summed E-state index contributed by atoms with van der Waals surface area (Å²) in [5.74, 6) is -0.652. The number of carbonyl (C=O) groups is 3. The molecule has 1 aromatic carbocycles. The predicted molar refractivity (Wildman–Crippen MR) is 94.1 cm³/mol. The lowest BCUT2D eigenvalue weighted by Gasteiger charge is -2.28. The number of amides is 3. The van der Waals surface area contributed by atoms with Gasteiger partial charge in [0, 0.05) is 25.3 Å². The van der Waals surface area contributed by atoms with Gasteiger partial charge in [-0.05, 0) is 38.3 Å². The molecule has 0 aromatic heterocycles. The van der Waals surface area contributed by atoms with Crippen LogP contribution in [-0.4, -0.2) is 48.5 Å². The molecule has 2 rings (SSSR count). The molecule has 0 spiro atoms. The van der Waals surface area contributed by atoms with Crippen molar-refractivity contribution in [1.82, 2.24) is 10.2 Å². The SMILES string of the molecule is C[C@@H](OC(=O)CCNC(=O)Nc1ccccc1)C(=O)N1CCCCC1. The first-order valence-electron chi connectivity index (χ1n) is 8.64. The van der Waals surface area contributed by atoms with E-state index in [1.165, 1.54) is 0 Å². The molecule has 1 aliphatic rings. The standard InChI is InChI=1S/C18H25N3O4/c1-14(17(23)21-12-6-3-7-13-21)25-16(22)10-11-19-18(24)20-15-8-4-2-5-9-15/h2,4-5,8-9,14H,3,6-7,10-13H2,1H3,(H2,19,20,24)/t14-/m1/s1. The van der Waals surface area contributed by atoms with Crippen LogP contribution in [0.25, 0.3) is 0 Å². The van der Waals surface area contributed by atoms with Crippen LogP contribution in [0, 0.1) is 0 Å². The molecule has 2 N–H and O–H groups in total. The predicted octanol–water partition coefficient (Wildman–Crippen LogP) is 2.14. The fourth-order valence-electron chi connectivity index (χ4n) is 2.65. The summed E-state index contributed by atoms with van der Waals surface area (Å²) >= 11 is 0. The molecule has 3 amide bonds. The lowest BCUT2D eigenvalue weighted by atomic mass is 10.1. The monoisotopic (exact) mass is 347 g/mol. The van der Waals surface area contributed by atoms with Gasteiger partial charge in [0.05, 0.1) is 6.42 Å². The van der Waals surface area contributed by atoms with Crippen molar-refractivity contribution < 1.29 is 19.1 Å². The van der Waals surface area contributed by atoms with E-state index in [0.717, 1.165) is 32.4 Å². The summed E-state index contributed by atoms with van der Waals surface area (Å²) in [4.78, 5) is 37.4. The normalized spacial score (nSPS) is 15.2. The summed E-state index contributed by atoms with van der Waals surface area (Å²) in [5, 5.41) is 5.24. The zero-order valence-corrected chi connectivity index (χ0v) is 14.5. The molecule has 7 nitrogen and oxygen atoms in total. The third-order valence-corrected chi connectivity index (χ3v) is 3.97. The minimum Gasteiger partial charge on any atom is -0.452 e. The van der Waals surface area contributed by atoms with Crippen molar-refractivity contribution in [2.45, 2.75) is 38.7 Å². The largest absolute Gasteiger partial charge is 0.452 e. The summed E-state index contributed by atoms with van der Waals surface area (Å²) in [5.41, 5.74) is 0.670. The second-order valence-electron chi connectivity index (χ2n) is 6.01. The number of anilines is 1. The fourth-order valence-corrected chi connectivity index (χ4v) is 2.65. The Kier molecular flexibility index (Phi) is 7.25. The summed E-state index contributed by atoms with van der Waals surface area (Å²) in [6, 6.07) is 8.62.